The minimum atomic E-state index is 0.0309. The van der Waals surface area contributed by atoms with Gasteiger partial charge in [-0.05, 0) is 62.8 Å². The maximum absolute atomic E-state index is 12.7. The van der Waals surface area contributed by atoms with Crippen molar-refractivity contribution in [1.82, 2.24) is 20.4 Å². The third-order valence-corrected chi connectivity index (χ3v) is 6.17. The molecule has 6 nitrogen and oxygen atoms in total. The molecule has 1 unspecified atom stereocenters. The van der Waals surface area contributed by atoms with E-state index in [1.807, 2.05) is 9.80 Å². The number of urea groups is 1. The van der Waals surface area contributed by atoms with E-state index in [9.17, 15) is 9.59 Å². The molecule has 0 radical (unpaired) electrons. The minimum absolute atomic E-state index is 0.0309. The van der Waals surface area contributed by atoms with Gasteiger partial charge in [0, 0.05) is 45.2 Å². The number of hydrogen-bond donors (Lipinski definition) is 2. The third-order valence-electron chi connectivity index (χ3n) is 6.17. The fourth-order valence-electron chi connectivity index (χ4n) is 4.18. The fourth-order valence-corrected chi connectivity index (χ4v) is 4.18. The SMILES string of the molecule is CC(C)CNC(=O)N1CCCC(CC(=O)N2CCC(NCC3CC3)CC2)C1. The summed E-state index contributed by atoms with van der Waals surface area (Å²) in [4.78, 5) is 29.0. The molecule has 2 heterocycles. The Labute approximate surface area is 164 Å². The van der Waals surface area contributed by atoms with Crippen LogP contribution in [0.2, 0.25) is 0 Å². The van der Waals surface area contributed by atoms with Crippen LogP contribution in [0.4, 0.5) is 4.79 Å². The van der Waals surface area contributed by atoms with Gasteiger partial charge in [0.1, 0.15) is 0 Å². The number of carbonyl (C=O) groups is 2. The summed E-state index contributed by atoms with van der Waals surface area (Å²) in [5.41, 5.74) is 0. The normalized spacial score (nSPS) is 24.3. The fraction of sp³-hybridized carbons (Fsp3) is 0.905. The van der Waals surface area contributed by atoms with Crippen LogP contribution in [-0.2, 0) is 4.79 Å². The molecule has 0 aromatic carbocycles. The molecule has 2 saturated heterocycles. The van der Waals surface area contributed by atoms with Crippen LogP contribution >= 0.6 is 0 Å². The Morgan fingerprint density at radius 2 is 1.70 bits per heavy atom. The van der Waals surface area contributed by atoms with Crippen LogP contribution in [0.3, 0.4) is 0 Å². The molecule has 0 spiro atoms. The number of nitrogens with zero attached hydrogens (tertiary/aromatic N) is 2. The Morgan fingerprint density at radius 1 is 0.963 bits per heavy atom. The molecule has 3 aliphatic rings. The van der Waals surface area contributed by atoms with Gasteiger partial charge in [-0.1, -0.05) is 13.8 Å². The van der Waals surface area contributed by atoms with Crippen LogP contribution in [0.5, 0.6) is 0 Å². The summed E-state index contributed by atoms with van der Waals surface area (Å²) in [6, 6.07) is 0.618. The van der Waals surface area contributed by atoms with Gasteiger partial charge in [-0.3, -0.25) is 4.79 Å². The van der Waals surface area contributed by atoms with Crippen molar-refractivity contribution in [3.63, 3.8) is 0 Å². The van der Waals surface area contributed by atoms with Gasteiger partial charge < -0.3 is 20.4 Å². The highest BCUT2D eigenvalue weighted by Gasteiger charge is 2.29. The van der Waals surface area contributed by atoms with Gasteiger partial charge >= 0.3 is 6.03 Å². The zero-order chi connectivity index (χ0) is 19.2. The van der Waals surface area contributed by atoms with Crippen molar-refractivity contribution in [3.8, 4) is 0 Å². The van der Waals surface area contributed by atoms with Gasteiger partial charge in [-0.15, -0.1) is 0 Å². The van der Waals surface area contributed by atoms with Crippen LogP contribution in [0.15, 0.2) is 0 Å². The molecule has 1 saturated carbocycles. The second-order valence-corrected chi connectivity index (χ2v) is 9.24. The molecular formula is C21H38N4O2. The summed E-state index contributed by atoms with van der Waals surface area (Å²) < 4.78 is 0. The molecule has 2 aliphatic heterocycles. The predicted molar refractivity (Wildman–Crippen MR) is 107 cm³/mol. The predicted octanol–water partition coefficient (Wildman–Crippen LogP) is 2.44. The minimum Gasteiger partial charge on any atom is -0.343 e. The van der Waals surface area contributed by atoms with E-state index in [0.29, 0.717) is 30.8 Å². The second kappa shape index (κ2) is 9.76. The summed E-state index contributed by atoms with van der Waals surface area (Å²) in [7, 11) is 0. The molecule has 0 aromatic rings. The molecule has 1 atom stereocenters. The maximum atomic E-state index is 12.7. The second-order valence-electron chi connectivity index (χ2n) is 9.24. The van der Waals surface area contributed by atoms with Gasteiger partial charge in [0.15, 0.2) is 0 Å². The average Bonchev–Trinajstić information content (AvgIpc) is 3.49. The molecule has 3 rings (SSSR count). The van der Waals surface area contributed by atoms with Gasteiger partial charge in [-0.25, -0.2) is 4.79 Å². The molecule has 3 amide bonds. The van der Waals surface area contributed by atoms with E-state index in [2.05, 4.69) is 24.5 Å². The first-order valence-electron chi connectivity index (χ1n) is 11.0. The largest absolute Gasteiger partial charge is 0.343 e. The Kier molecular flexibility index (Phi) is 7.39. The lowest BCUT2D eigenvalue weighted by Crippen LogP contribution is -2.48. The van der Waals surface area contributed by atoms with Crippen molar-refractivity contribution >= 4 is 11.9 Å². The van der Waals surface area contributed by atoms with Crippen molar-refractivity contribution in [2.45, 2.75) is 64.8 Å². The average molecular weight is 379 g/mol. The van der Waals surface area contributed by atoms with Crippen LogP contribution in [0, 0.1) is 17.8 Å². The van der Waals surface area contributed by atoms with Gasteiger partial charge in [0.05, 0.1) is 0 Å². The number of likely N-dealkylation sites (tertiary alicyclic amines) is 2. The number of piperidine rings is 2. The Hall–Kier alpha value is -1.30. The van der Waals surface area contributed by atoms with E-state index in [1.165, 1.54) is 12.8 Å². The summed E-state index contributed by atoms with van der Waals surface area (Å²) in [6.45, 7) is 9.37. The lowest BCUT2D eigenvalue weighted by molar-refractivity contribution is -0.133. The first-order chi connectivity index (χ1) is 13.0. The molecule has 0 bridgehead atoms. The van der Waals surface area contributed by atoms with E-state index in [1.54, 1.807) is 0 Å². The lowest BCUT2D eigenvalue weighted by Gasteiger charge is -2.36. The number of amides is 3. The highest BCUT2D eigenvalue weighted by molar-refractivity contribution is 5.77. The lowest BCUT2D eigenvalue weighted by atomic mass is 9.93. The number of carbonyl (C=O) groups excluding carboxylic acids is 2. The van der Waals surface area contributed by atoms with Gasteiger partial charge in [0.25, 0.3) is 0 Å². The first-order valence-corrected chi connectivity index (χ1v) is 11.0. The van der Waals surface area contributed by atoms with E-state index in [4.69, 9.17) is 0 Å². The molecule has 154 valence electrons. The van der Waals surface area contributed by atoms with Gasteiger partial charge in [0.2, 0.25) is 5.91 Å². The molecule has 2 N–H and O–H groups in total. The first kappa shape index (κ1) is 20.4. The Balaban J connectivity index is 1.36. The van der Waals surface area contributed by atoms with Crippen molar-refractivity contribution in [2.24, 2.45) is 17.8 Å². The zero-order valence-electron chi connectivity index (χ0n) is 17.2. The summed E-state index contributed by atoms with van der Waals surface area (Å²) in [5, 5.41) is 6.68. The highest BCUT2D eigenvalue weighted by atomic mass is 16.2. The van der Waals surface area contributed by atoms with E-state index < -0.39 is 0 Å². The van der Waals surface area contributed by atoms with Crippen LogP contribution < -0.4 is 10.6 Å². The molecule has 6 heteroatoms. The molecule has 3 fully saturated rings. The Morgan fingerprint density at radius 3 is 2.37 bits per heavy atom. The van der Waals surface area contributed by atoms with Crippen molar-refractivity contribution < 1.29 is 9.59 Å². The van der Waals surface area contributed by atoms with Crippen molar-refractivity contribution in [3.05, 3.63) is 0 Å². The number of rotatable bonds is 7. The number of nitrogens with one attached hydrogen (secondary N) is 2. The third kappa shape index (κ3) is 6.66. The zero-order valence-corrected chi connectivity index (χ0v) is 17.2. The van der Waals surface area contributed by atoms with Crippen LogP contribution in [-0.4, -0.2) is 67.0 Å². The van der Waals surface area contributed by atoms with Crippen molar-refractivity contribution in [1.29, 1.82) is 0 Å². The smallest absolute Gasteiger partial charge is 0.317 e. The topological polar surface area (TPSA) is 64.7 Å². The molecule has 27 heavy (non-hydrogen) atoms. The van der Waals surface area contributed by atoms with Crippen LogP contribution in [0.1, 0.15) is 58.8 Å². The van der Waals surface area contributed by atoms with Crippen molar-refractivity contribution in [2.75, 3.05) is 39.3 Å². The molecular weight excluding hydrogens is 340 g/mol. The molecule has 1 aliphatic carbocycles. The summed E-state index contributed by atoms with van der Waals surface area (Å²) >= 11 is 0. The summed E-state index contributed by atoms with van der Waals surface area (Å²) in [6.07, 6.45) is 7.57. The van der Waals surface area contributed by atoms with E-state index in [-0.39, 0.29) is 11.9 Å². The van der Waals surface area contributed by atoms with Crippen LogP contribution in [0.25, 0.3) is 0 Å². The number of hydrogen-bond acceptors (Lipinski definition) is 3. The Bertz CT molecular complexity index is 498. The van der Waals surface area contributed by atoms with E-state index in [0.717, 1.165) is 64.3 Å². The standard InChI is InChI=1S/C21H38N4O2/c1-16(2)13-23-21(27)25-9-3-4-18(15-25)12-20(26)24-10-7-19(8-11-24)22-14-17-5-6-17/h16-19,22H,3-15H2,1-2H3,(H,23,27). The summed E-state index contributed by atoms with van der Waals surface area (Å²) in [5.74, 6) is 1.96. The highest BCUT2D eigenvalue weighted by Crippen LogP contribution is 2.28. The monoisotopic (exact) mass is 378 g/mol. The molecule has 0 aromatic heterocycles. The van der Waals surface area contributed by atoms with E-state index >= 15 is 0 Å². The maximum Gasteiger partial charge on any atom is 0.317 e. The van der Waals surface area contributed by atoms with Gasteiger partial charge in [-0.2, -0.15) is 0 Å². The quantitative estimate of drug-likeness (QED) is 0.715.